The first-order valence-corrected chi connectivity index (χ1v) is 9.94. The summed E-state index contributed by atoms with van der Waals surface area (Å²) in [5.41, 5.74) is 3.75. The van der Waals surface area contributed by atoms with E-state index >= 15 is 0 Å². The first kappa shape index (κ1) is 20.9. The molecule has 0 fully saturated rings. The van der Waals surface area contributed by atoms with E-state index in [0.29, 0.717) is 33.3 Å². The van der Waals surface area contributed by atoms with E-state index in [2.05, 4.69) is 10.3 Å². The lowest BCUT2D eigenvalue weighted by Crippen LogP contribution is -2.31. The van der Waals surface area contributed by atoms with Gasteiger partial charge in [-0.1, -0.05) is 17.7 Å². The van der Waals surface area contributed by atoms with Crippen LogP contribution in [0.4, 0.5) is 5.69 Å². The predicted molar refractivity (Wildman–Crippen MR) is 116 cm³/mol. The maximum absolute atomic E-state index is 12.8. The van der Waals surface area contributed by atoms with Gasteiger partial charge in [0.1, 0.15) is 11.2 Å². The molecule has 160 valence electrons. The number of esters is 1. The van der Waals surface area contributed by atoms with Gasteiger partial charge in [0, 0.05) is 22.8 Å². The highest BCUT2D eigenvalue weighted by atomic mass is 35.5. The van der Waals surface area contributed by atoms with Gasteiger partial charge in [0.25, 0.3) is 5.91 Å². The lowest BCUT2D eigenvalue weighted by atomic mass is 10.1. The summed E-state index contributed by atoms with van der Waals surface area (Å²) < 4.78 is 10.7. The van der Waals surface area contributed by atoms with Crippen molar-refractivity contribution in [2.75, 3.05) is 32.1 Å². The number of halogens is 1. The number of fused-ring (bicyclic) bond motifs is 1. The Morgan fingerprint density at radius 2 is 2.13 bits per heavy atom. The normalized spacial score (nSPS) is 13.9. The molecule has 31 heavy (non-hydrogen) atoms. The molecule has 8 nitrogen and oxygen atoms in total. The molecule has 0 unspecified atom stereocenters. The molecule has 0 aliphatic carbocycles. The van der Waals surface area contributed by atoms with Crippen LogP contribution in [0.5, 0.6) is 0 Å². The zero-order valence-corrected chi connectivity index (χ0v) is 17.7. The van der Waals surface area contributed by atoms with Crippen molar-refractivity contribution in [3.05, 3.63) is 58.3 Å². The highest BCUT2D eigenvalue weighted by molar-refractivity contribution is 6.31. The van der Waals surface area contributed by atoms with E-state index in [0.717, 1.165) is 5.56 Å². The average molecular weight is 442 g/mol. The first-order valence-electron chi connectivity index (χ1n) is 9.57. The predicted octanol–water partition coefficient (Wildman–Crippen LogP) is 3.13. The lowest BCUT2D eigenvalue weighted by Gasteiger charge is -2.15. The van der Waals surface area contributed by atoms with Crippen LogP contribution < -0.4 is 5.32 Å². The molecule has 0 saturated heterocycles. The summed E-state index contributed by atoms with van der Waals surface area (Å²) in [6, 6.07) is 10.7. The van der Waals surface area contributed by atoms with Crippen LogP contribution in [-0.2, 0) is 14.3 Å². The smallest absolute Gasteiger partial charge is 0.337 e. The van der Waals surface area contributed by atoms with Gasteiger partial charge in [-0.05, 0) is 42.8 Å². The van der Waals surface area contributed by atoms with E-state index in [1.807, 2.05) is 19.1 Å². The number of aryl methyl sites for hydroxylation is 1. The minimum Gasteiger partial charge on any atom is -0.466 e. The Morgan fingerprint density at radius 1 is 1.32 bits per heavy atom. The highest BCUT2D eigenvalue weighted by Gasteiger charge is 2.34. The number of nitrogens with one attached hydrogen (secondary N) is 1. The molecule has 1 aromatic heterocycles. The monoisotopic (exact) mass is 441 g/mol. The first-order chi connectivity index (χ1) is 14.9. The SMILES string of the molecule is COC(=O)C1=C(Nc2cc(-c3nc4cc(Cl)ccc4o3)ccc2C)C(=O)N(CCO)C1. The van der Waals surface area contributed by atoms with Gasteiger partial charge in [-0.2, -0.15) is 0 Å². The van der Waals surface area contributed by atoms with Gasteiger partial charge in [0.05, 0.1) is 25.8 Å². The molecule has 1 aliphatic heterocycles. The van der Waals surface area contributed by atoms with Crippen molar-refractivity contribution in [2.45, 2.75) is 6.92 Å². The van der Waals surface area contributed by atoms with Crippen molar-refractivity contribution in [3.63, 3.8) is 0 Å². The summed E-state index contributed by atoms with van der Waals surface area (Å²) in [6.07, 6.45) is 0. The number of carbonyl (C=O) groups excluding carboxylic acids is 2. The lowest BCUT2D eigenvalue weighted by molar-refractivity contribution is -0.136. The van der Waals surface area contributed by atoms with Crippen LogP contribution in [0, 0.1) is 6.92 Å². The fourth-order valence-electron chi connectivity index (χ4n) is 3.40. The minimum absolute atomic E-state index is 0.0685. The number of amides is 1. The number of methoxy groups -OCH3 is 1. The van der Waals surface area contributed by atoms with Crippen molar-refractivity contribution < 1.29 is 23.8 Å². The Morgan fingerprint density at radius 3 is 2.87 bits per heavy atom. The Balaban J connectivity index is 1.70. The van der Waals surface area contributed by atoms with Crippen molar-refractivity contribution in [3.8, 4) is 11.5 Å². The molecule has 9 heteroatoms. The van der Waals surface area contributed by atoms with E-state index in [1.54, 1.807) is 24.3 Å². The number of benzene rings is 2. The third-order valence-corrected chi connectivity index (χ3v) is 5.28. The summed E-state index contributed by atoms with van der Waals surface area (Å²) in [5.74, 6) is -0.571. The fraction of sp³-hybridized carbons (Fsp3) is 0.227. The number of hydrogen-bond acceptors (Lipinski definition) is 7. The molecular weight excluding hydrogens is 422 g/mol. The molecule has 0 bridgehead atoms. The molecule has 3 aromatic rings. The molecule has 4 rings (SSSR count). The number of aromatic nitrogens is 1. The van der Waals surface area contributed by atoms with Gasteiger partial charge < -0.3 is 24.5 Å². The number of aliphatic hydroxyl groups is 1. The zero-order valence-electron chi connectivity index (χ0n) is 16.9. The summed E-state index contributed by atoms with van der Waals surface area (Å²) in [6.45, 7) is 1.86. The third-order valence-electron chi connectivity index (χ3n) is 5.05. The molecule has 2 N–H and O–H groups in total. The number of β-amino-alcohol motifs (C(OH)–C–C–N with tert-alkyl or cyclic N) is 1. The van der Waals surface area contributed by atoms with Crippen molar-refractivity contribution in [1.29, 1.82) is 0 Å². The standard InChI is InChI=1S/C22H20ClN3O5/c1-12-3-4-13(20-25-17-10-14(23)5-6-18(17)31-20)9-16(12)24-19-15(22(29)30-2)11-26(7-8-27)21(19)28/h3-6,9-10,24,27H,7-8,11H2,1-2H3. The van der Waals surface area contributed by atoms with Gasteiger partial charge in [0.2, 0.25) is 5.89 Å². The number of aliphatic hydroxyl groups excluding tert-OH is 1. The number of rotatable bonds is 6. The molecule has 0 atom stereocenters. The fourth-order valence-corrected chi connectivity index (χ4v) is 3.56. The number of carbonyl (C=O) groups is 2. The van der Waals surface area contributed by atoms with Crippen molar-refractivity contribution >= 4 is 40.3 Å². The Kier molecular flexibility index (Phi) is 5.67. The maximum Gasteiger partial charge on any atom is 0.337 e. The molecule has 2 aromatic carbocycles. The largest absolute Gasteiger partial charge is 0.466 e. The molecule has 1 aliphatic rings. The number of nitrogens with zero attached hydrogens (tertiary/aromatic N) is 2. The molecular formula is C22H20ClN3O5. The van der Waals surface area contributed by atoms with Crippen LogP contribution in [0.25, 0.3) is 22.6 Å². The van der Waals surface area contributed by atoms with Crippen LogP contribution in [0.1, 0.15) is 5.56 Å². The van der Waals surface area contributed by atoms with Crippen LogP contribution in [0.2, 0.25) is 5.02 Å². The zero-order chi connectivity index (χ0) is 22.1. The van der Waals surface area contributed by atoms with E-state index < -0.39 is 5.97 Å². The summed E-state index contributed by atoms with van der Waals surface area (Å²) in [5, 5.41) is 12.9. The highest BCUT2D eigenvalue weighted by Crippen LogP contribution is 2.31. The molecule has 0 spiro atoms. The van der Waals surface area contributed by atoms with Gasteiger partial charge in [-0.15, -0.1) is 0 Å². The second-order valence-electron chi connectivity index (χ2n) is 7.08. The second kappa shape index (κ2) is 8.41. The Hall–Kier alpha value is -3.36. The molecule has 1 amide bonds. The maximum atomic E-state index is 12.8. The number of oxazole rings is 1. The minimum atomic E-state index is -0.596. The van der Waals surface area contributed by atoms with E-state index in [9.17, 15) is 14.7 Å². The van der Waals surface area contributed by atoms with Crippen molar-refractivity contribution in [1.82, 2.24) is 9.88 Å². The summed E-state index contributed by atoms with van der Waals surface area (Å²) in [4.78, 5) is 30.9. The summed E-state index contributed by atoms with van der Waals surface area (Å²) >= 11 is 6.03. The third kappa shape index (κ3) is 3.99. The topological polar surface area (TPSA) is 105 Å². The quantitative estimate of drug-likeness (QED) is 0.566. The second-order valence-corrected chi connectivity index (χ2v) is 7.52. The van der Waals surface area contributed by atoms with Crippen LogP contribution in [0.3, 0.4) is 0 Å². The van der Waals surface area contributed by atoms with Gasteiger partial charge in [-0.25, -0.2) is 9.78 Å². The molecule has 0 radical (unpaired) electrons. The van der Waals surface area contributed by atoms with Crippen LogP contribution >= 0.6 is 11.6 Å². The number of hydrogen-bond donors (Lipinski definition) is 2. The van der Waals surface area contributed by atoms with Crippen molar-refractivity contribution in [2.24, 2.45) is 0 Å². The van der Waals surface area contributed by atoms with Gasteiger partial charge in [-0.3, -0.25) is 4.79 Å². The Bertz CT molecular complexity index is 1220. The average Bonchev–Trinajstić information content (AvgIpc) is 3.31. The van der Waals surface area contributed by atoms with Gasteiger partial charge >= 0.3 is 5.97 Å². The van der Waals surface area contributed by atoms with Crippen LogP contribution in [0.15, 0.2) is 52.1 Å². The van der Waals surface area contributed by atoms with Gasteiger partial charge in [0.15, 0.2) is 5.58 Å². The van der Waals surface area contributed by atoms with E-state index in [1.165, 1.54) is 12.0 Å². The molecule has 2 heterocycles. The van der Waals surface area contributed by atoms with E-state index in [-0.39, 0.29) is 36.9 Å². The van der Waals surface area contributed by atoms with E-state index in [4.69, 9.17) is 20.8 Å². The molecule has 0 saturated carbocycles. The number of ether oxygens (including phenoxy) is 1. The van der Waals surface area contributed by atoms with Crippen LogP contribution in [-0.4, -0.2) is 53.7 Å². The number of anilines is 1. The summed E-state index contributed by atoms with van der Waals surface area (Å²) in [7, 11) is 1.26. The Labute approximate surface area is 183 Å².